The fraction of sp³-hybridized carbons (Fsp3) is 0.714. The zero-order valence-electron chi connectivity index (χ0n) is 6.27. The van der Waals surface area contributed by atoms with Crippen LogP contribution in [0.5, 0.6) is 0 Å². The molecule has 0 fully saturated rings. The average Bonchev–Trinajstić information content (AvgIpc) is 1.98. The van der Waals surface area contributed by atoms with Crippen LogP contribution < -0.4 is 5.73 Å². The van der Waals surface area contributed by atoms with Crippen molar-refractivity contribution in [2.45, 2.75) is 13.3 Å². The lowest BCUT2D eigenvalue weighted by Gasteiger charge is -2.01. The second kappa shape index (κ2) is 7.06. The summed E-state index contributed by atoms with van der Waals surface area (Å²) in [6, 6.07) is 0. The summed E-state index contributed by atoms with van der Waals surface area (Å²) in [6.07, 6.45) is 0.912. The van der Waals surface area contributed by atoms with Crippen molar-refractivity contribution in [1.82, 2.24) is 0 Å². The molecular weight excluding hydrogens is 150 g/mol. The van der Waals surface area contributed by atoms with E-state index in [1.54, 1.807) is 0 Å². The van der Waals surface area contributed by atoms with Crippen molar-refractivity contribution < 1.29 is 4.74 Å². The van der Waals surface area contributed by atoms with Gasteiger partial charge in [-0.2, -0.15) is 0 Å². The first-order valence-electron chi connectivity index (χ1n) is 3.35. The molecule has 0 aromatic carbocycles. The van der Waals surface area contributed by atoms with Crippen molar-refractivity contribution in [2.75, 3.05) is 19.8 Å². The van der Waals surface area contributed by atoms with E-state index in [1.165, 1.54) is 5.54 Å². The summed E-state index contributed by atoms with van der Waals surface area (Å²) in [5.74, 6) is 0. The molecule has 0 aromatic rings. The van der Waals surface area contributed by atoms with E-state index in [9.17, 15) is 0 Å². The minimum absolute atomic E-state index is 0.615. The van der Waals surface area contributed by atoms with Crippen LogP contribution in [0, 0.1) is 0 Å². The van der Waals surface area contributed by atoms with E-state index in [-0.39, 0.29) is 0 Å². The Balaban J connectivity index is 3.04. The third-order valence-electron chi connectivity index (χ3n) is 1.01. The zero-order chi connectivity index (χ0) is 7.82. The van der Waals surface area contributed by atoms with Gasteiger partial charge in [-0.1, -0.05) is 11.6 Å². The van der Waals surface area contributed by atoms with Gasteiger partial charge in [0, 0.05) is 12.1 Å². The number of nitrogens with two attached hydrogens (primary N) is 1. The maximum Gasteiger partial charge on any atom is 0.0685 e. The lowest BCUT2D eigenvalue weighted by Crippen LogP contribution is -2.05. The number of hydrogen-bond acceptors (Lipinski definition) is 2. The number of ether oxygens (including phenoxy) is 1. The van der Waals surface area contributed by atoms with Crippen LogP contribution in [0.1, 0.15) is 13.3 Å². The van der Waals surface area contributed by atoms with Crippen molar-refractivity contribution in [3.05, 3.63) is 11.1 Å². The third-order valence-corrected chi connectivity index (χ3v) is 1.38. The van der Waals surface area contributed by atoms with Crippen LogP contribution in [0.3, 0.4) is 0 Å². The van der Waals surface area contributed by atoms with Crippen LogP contribution >= 0.6 is 11.6 Å². The first-order valence-corrected chi connectivity index (χ1v) is 3.78. The lowest BCUT2D eigenvalue weighted by atomic mass is 10.4. The van der Waals surface area contributed by atoms with E-state index in [4.69, 9.17) is 22.1 Å². The van der Waals surface area contributed by atoms with Crippen LogP contribution in [0.4, 0.5) is 0 Å². The highest BCUT2D eigenvalue weighted by molar-refractivity contribution is 6.25. The Kier molecular flexibility index (Phi) is 7.03. The maximum atomic E-state index is 5.40. The third kappa shape index (κ3) is 6.08. The zero-order valence-corrected chi connectivity index (χ0v) is 7.03. The van der Waals surface area contributed by atoms with E-state index in [0.29, 0.717) is 13.2 Å². The summed E-state index contributed by atoms with van der Waals surface area (Å²) in [6.45, 7) is 3.95. The number of rotatable bonds is 5. The van der Waals surface area contributed by atoms with Gasteiger partial charge in [0.05, 0.1) is 6.61 Å². The first-order chi connectivity index (χ1) is 4.81. The highest BCUT2D eigenvalue weighted by Gasteiger charge is 1.88. The minimum atomic E-state index is 0.615. The summed E-state index contributed by atoms with van der Waals surface area (Å²) >= 11 is 5.40. The average molecular weight is 164 g/mol. The monoisotopic (exact) mass is 163 g/mol. The molecule has 0 bridgehead atoms. The predicted molar refractivity (Wildman–Crippen MR) is 44.1 cm³/mol. The van der Waals surface area contributed by atoms with Crippen molar-refractivity contribution in [3.8, 4) is 0 Å². The van der Waals surface area contributed by atoms with Crippen LogP contribution in [0.15, 0.2) is 11.1 Å². The van der Waals surface area contributed by atoms with Crippen LogP contribution in [-0.4, -0.2) is 19.8 Å². The minimum Gasteiger partial charge on any atom is -0.377 e. The highest BCUT2D eigenvalue weighted by atomic mass is 35.5. The number of halogens is 1. The fourth-order valence-electron chi connectivity index (χ4n) is 0.450. The van der Waals surface area contributed by atoms with Crippen molar-refractivity contribution in [1.29, 1.82) is 0 Å². The van der Waals surface area contributed by atoms with Crippen LogP contribution in [-0.2, 0) is 4.74 Å². The summed E-state index contributed by atoms with van der Waals surface area (Å²) in [5, 5.41) is 0. The van der Waals surface area contributed by atoms with Crippen LogP contribution in [0.2, 0.25) is 0 Å². The molecule has 10 heavy (non-hydrogen) atoms. The highest BCUT2D eigenvalue weighted by Crippen LogP contribution is 1.95. The molecule has 0 radical (unpaired) electrons. The van der Waals surface area contributed by atoms with Gasteiger partial charge in [0.2, 0.25) is 0 Å². The summed E-state index contributed by atoms with van der Waals surface area (Å²) in [5.41, 5.74) is 7.83. The normalized spacial score (nSPS) is 12.1. The molecule has 0 saturated carbocycles. The van der Waals surface area contributed by atoms with Gasteiger partial charge < -0.3 is 10.5 Å². The van der Waals surface area contributed by atoms with Gasteiger partial charge in [0.25, 0.3) is 0 Å². The Morgan fingerprint density at radius 1 is 1.70 bits per heavy atom. The molecule has 0 rings (SSSR count). The Labute approximate surface area is 67.0 Å². The Morgan fingerprint density at radius 3 is 2.90 bits per heavy atom. The largest absolute Gasteiger partial charge is 0.377 e. The van der Waals surface area contributed by atoms with E-state index < -0.39 is 0 Å². The van der Waals surface area contributed by atoms with Gasteiger partial charge in [-0.05, 0) is 25.5 Å². The molecule has 60 valence electrons. The molecule has 0 spiro atoms. The molecule has 0 aliphatic heterocycles. The molecule has 2 nitrogen and oxygen atoms in total. The van der Waals surface area contributed by atoms with Gasteiger partial charge in [0.15, 0.2) is 0 Å². The van der Waals surface area contributed by atoms with E-state index in [1.807, 2.05) is 6.92 Å². The quantitative estimate of drug-likeness (QED) is 0.624. The lowest BCUT2D eigenvalue weighted by molar-refractivity contribution is 0.155. The Bertz CT molecular complexity index is 104. The molecular formula is C7H14ClNO. The molecule has 3 heteroatoms. The van der Waals surface area contributed by atoms with Crippen molar-refractivity contribution in [2.24, 2.45) is 5.73 Å². The van der Waals surface area contributed by atoms with Crippen LogP contribution in [0.25, 0.3) is 0 Å². The van der Waals surface area contributed by atoms with Gasteiger partial charge in [0.1, 0.15) is 0 Å². The molecule has 0 heterocycles. The first kappa shape index (κ1) is 9.95. The molecule has 0 aromatic heterocycles. The van der Waals surface area contributed by atoms with E-state index in [0.717, 1.165) is 18.6 Å². The van der Waals surface area contributed by atoms with Gasteiger partial charge in [-0.25, -0.2) is 0 Å². The SMILES string of the molecule is CC(=CCl)COCCCN. The molecule has 0 amide bonds. The van der Waals surface area contributed by atoms with Crippen molar-refractivity contribution >= 4 is 11.6 Å². The molecule has 0 saturated heterocycles. The second-order valence-corrected chi connectivity index (χ2v) is 2.37. The van der Waals surface area contributed by atoms with Crippen molar-refractivity contribution in [3.63, 3.8) is 0 Å². The fourth-order valence-corrected chi connectivity index (χ4v) is 0.513. The summed E-state index contributed by atoms with van der Waals surface area (Å²) in [7, 11) is 0. The Morgan fingerprint density at radius 2 is 2.40 bits per heavy atom. The molecule has 0 atom stereocenters. The second-order valence-electron chi connectivity index (χ2n) is 2.15. The molecule has 0 unspecified atom stereocenters. The standard InChI is InChI=1S/C7H14ClNO/c1-7(5-8)6-10-4-2-3-9/h5H,2-4,6,9H2,1H3. The smallest absolute Gasteiger partial charge is 0.0685 e. The topological polar surface area (TPSA) is 35.2 Å². The summed E-state index contributed by atoms with van der Waals surface area (Å²) in [4.78, 5) is 0. The molecule has 0 aliphatic rings. The van der Waals surface area contributed by atoms with Gasteiger partial charge in [-0.3, -0.25) is 0 Å². The Hall–Kier alpha value is -0.0500. The predicted octanol–water partition coefficient (Wildman–Crippen LogP) is 1.49. The van der Waals surface area contributed by atoms with E-state index >= 15 is 0 Å². The number of hydrogen-bond donors (Lipinski definition) is 1. The van der Waals surface area contributed by atoms with E-state index in [2.05, 4.69) is 0 Å². The summed E-state index contributed by atoms with van der Waals surface area (Å²) < 4.78 is 5.19. The molecule has 2 N–H and O–H groups in total. The van der Waals surface area contributed by atoms with Gasteiger partial charge >= 0.3 is 0 Å². The van der Waals surface area contributed by atoms with Gasteiger partial charge in [-0.15, -0.1) is 0 Å². The molecule has 0 aliphatic carbocycles. The maximum absolute atomic E-state index is 5.40.